The largest absolute Gasteiger partial charge is 0.384 e. The van der Waals surface area contributed by atoms with Crippen LogP contribution in [0.3, 0.4) is 0 Å². The lowest BCUT2D eigenvalue weighted by Crippen LogP contribution is -2.60. The van der Waals surface area contributed by atoms with E-state index in [-0.39, 0.29) is 6.10 Å². The molecule has 1 fully saturated rings. The van der Waals surface area contributed by atoms with Gasteiger partial charge in [0.2, 0.25) is 0 Å². The van der Waals surface area contributed by atoms with Crippen molar-refractivity contribution in [3.63, 3.8) is 0 Å². The number of rotatable bonds is 2. The van der Waals surface area contributed by atoms with Gasteiger partial charge in [-0.05, 0) is 12.8 Å². The van der Waals surface area contributed by atoms with Crippen LogP contribution in [-0.4, -0.2) is 23.4 Å². The van der Waals surface area contributed by atoms with Crippen LogP contribution in [0.4, 0.5) is 0 Å². The molecule has 0 bridgehead atoms. The fourth-order valence-electron chi connectivity index (χ4n) is 1.32. The van der Waals surface area contributed by atoms with Gasteiger partial charge in [0.15, 0.2) is 0 Å². The van der Waals surface area contributed by atoms with Crippen LogP contribution in [-0.2, 0) is 4.74 Å². The van der Waals surface area contributed by atoms with Crippen molar-refractivity contribution in [1.29, 1.82) is 0 Å². The first-order valence-electron chi connectivity index (χ1n) is 3.95. The molecule has 1 saturated heterocycles. The summed E-state index contributed by atoms with van der Waals surface area (Å²) in [6.45, 7) is 6.60. The van der Waals surface area contributed by atoms with Crippen molar-refractivity contribution in [2.24, 2.45) is 5.92 Å². The lowest BCUT2D eigenvalue weighted by atomic mass is 9.80. The summed E-state index contributed by atoms with van der Waals surface area (Å²) in [5.74, 6) is 0.358. The Hall–Kier alpha value is -0.0800. The fraction of sp³-hybridized carbons (Fsp3) is 1.00. The van der Waals surface area contributed by atoms with Crippen LogP contribution >= 0.6 is 0 Å². The highest BCUT2D eigenvalue weighted by atomic mass is 16.6. The fourth-order valence-corrected chi connectivity index (χ4v) is 1.32. The zero-order chi connectivity index (χ0) is 7.78. The van der Waals surface area contributed by atoms with E-state index in [1.54, 1.807) is 0 Å². The van der Waals surface area contributed by atoms with Crippen LogP contribution in [0.1, 0.15) is 27.2 Å². The second kappa shape index (κ2) is 2.51. The lowest BCUT2D eigenvalue weighted by Gasteiger charge is -2.47. The summed E-state index contributed by atoms with van der Waals surface area (Å²) in [5.41, 5.74) is -0.533. The van der Waals surface area contributed by atoms with Crippen LogP contribution in [0.25, 0.3) is 0 Å². The molecule has 1 aliphatic rings. The molecule has 0 radical (unpaired) electrons. The van der Waals surface area contributed by atoms with E-state index in [9.17, 15) is 5.11 Å². The predicted octanol–water partition coefficient (Wildman–Crippen LogP) is 1.18. The first-order valence-corrected chi connectivity index (χ1v) is 3.95. The molecule has 0 amide bonds. The Kier molecular flexibility index (Phi) is 2.02. The molecular formula is C8H16O2. The molecule has 1 aliphatic heterocycles. The zero-order valence-electron chi connectivity index (χ0n) is 6.92. The van der Waals surface area contributed by atoms with Crippen molar-refractivity contribution in [3.8, 4) is 0 Å². The highest BCUT2D eigenvalue weighted by molar-refractivity contribution is 4.96. The second-order valence-electron chi connectivity index (χ2n) is 3.25. The number of hydrogen-bond donors (Lipinski definition) is 1. The molecule has 0 spiro atoms. The third kappa shape index (κ3) is 0.956. The molecule has 1 heterocycles. The van der Waals surface area contributed by atoms with Crippen molar-refractivity contribution in [3.05, 3.63) is 0 Å². The molecule has 2 nitrogen and oxygen atoms in total. The minimum absolute atomic E-state index is 0.0300. The summed E-state index contributed by atoms with van der Waals surface area (Å²) in [6, 6.07) is 0. The average Bonchev–Trinajstić information content (AvgIpc) is 1.98. The van der Waals surface area contributed by atoms with Gasteiger partial charge in [0.05, 0.1) is 12.7 Å². The van der Waals surface area contributed by atoms with Crippen molar-refractivity contribution in [1.82, 2.24) is 0 Å². The molecule has 3 unspecified atom stereocenters. The van der Waals surface area contributed by atoms with Crippen LogP contribution < -0.4 is 0 Å². The van der Waals surface area contributed by atoms with E-state index in [1.165, 1.54) is 0 Å². The van der Waals surface area contributed by atoms with Crippen molar-refractivity contribution < 1.29 is 9.84 Å². The first-order chi connectivity index (χ1) is 4.61. The van der Waals surface area contributed by atoms with Crippen LogP contribution in [0, 0.1) is 5.92 Å². The standard InChI is InChI=1S/C8H16O2/c1-4-6(2)8(9)5-10-7(8)3/h6-7,9H,4-5H2,1-3H3. The Morgan fingerprint density at radius 2 is 2.40 bits per heavy atom. The minimum Gasteiger partial charge on any atom is -0.384 e. The van der Waals surface area contributed by atoms with E-state index in [0.717, 1.165) is 6.42 Å². The van der Waals surface area contributed by atoms with Crippen LogP contribution in [0.2, 0.25) is 0 Å². The van der Waals surface area contributed by atoms with E-state index < -0.39 is 5.60 Å². The topological polar surface area (TPSA) is 29.5 Å². The van der Waals surface area contributed by atoms with Gasteiger partial charge in [0, 0.05) is 0 Å². The Morgan fingerprint density at radius 1 is 1.80 bits per heavy atom. The second-order valence-corrected chi connectivity index (χ2v) is 3.25. The van der Waals surface area contributed by atoms with Gasteiger partial charge in [-0.15, -0.1) is 0 Å². The number of ether oxygens (including phenoxy) is 1. The number of hydrogen-bond acceptors (Lipinski definition) is 2. The molecular weight excluding hydrogens is 128 g/mol. The molecule has 0 aliphatic carbocycles. The van der Waals surface area contributed by atoms with Gasteiger partial charge in [0.25, 0.3) is 0 Å². The van der Waals surface area contributed by atoms with Crippen molar-refractivity contribution >= 4 is 0 Å². The van der Waals surface area contributed by atoms with Gasteiger partial charge in [0.1, 0.15) is 5.60 Å². The van der Waals surface area contributed by atoms with Gasteiger partial charge in [-0.3, -0.25) is 0 Å². The van der Waals surface area contributed by atoms with Gasteiger partial charge in [-0.1, -0.05) is 20.3 Å². The van der Waals surface area contributed by atoms with Crippen LogP contribution in [0.5, 0.6) is 0 Å². The maximum absolute atomic E-state index is 9.82. The van der Waals surface area contributed by atoms with Gasteiger partial charge in [-0.25, -0.2) is 0 Å². The average molecular weight is 144 g/mol. The van der Waals surface area contributed by atoms with E-state index in [2.05, 4.69) is 13.8 Å². The molecule has 60 valence electrons. The summed E-state index contributed by atoms with van der Waals surface area (Å²) < 4.78 is 5.12. The zero-order valence-corrected chi connectivity index (χ0v) is 6.92. The molecule has 1 rings (SSSR count). The number of aliphatic hydroxyl groups is 1. The van der Waals surface area contributed by atoms with E-state index >= 15 is 0 Å². The summed E-state index contributed by atoms with van der Waals surface area (Å²) in [4.78, 5) is 0. The predicted molar refractivity (Wildman–Crippen MR) is 39.8 cm³/mol. The first kappa shape index (κ1) is 8.02. The molecule has 3 atom stereocenters. The maximum Gasteiger partial charge on any atom is 0.116 e. The molecule has 0 saturated carbocycles. The molecule has 2 heteroatoms. The minimum atomic E-state index is -0.533. The van der Waals surface area contributed by atoms with Crippen molar-refractivity contribution in [2.45, 2.75) is 38.9 Å². The van der Waals surface area contributed by atoms with Gasteiger partial charge in [-0.2, -0.15) is 0 Å². The molecule has 0 aromatic heterocycles. The molecule has 0 aromatic carbocycles. The maximum atomic E-state index is 9.82. The Labute approximate surface area is 62.2 Å². The summed E-state index contributed by atoms with van der Waals surface area (Å²) in [6.07, 6.45) is 1.05. The molecule has 10 heavy (non-hydrogen) atoms. The molecule has 1 N–H and O–H groups in total. The lowest BCUT2D eigenvalue weighted by molar-refractivity contribution is -0.252. The van der Waals surface area contributed by atoms with Gasteiger partial charge < -0.3 is 9.84 Å². The summed E-state index contributed by atoms with van der Waals surface area (Å²) in [5, 5.41) is 9.82. The summed E-state index contributed by atoms with van der Waals surface area (Å²) in [7, 11) is 0. The highest BCUT2D eigenvalue weighted by Crippen LogP contribution is 2.33. The van der Waals surface area contributed by atoms with E-state index in [1.807, 2.05) is 6.92 Å². The Bertz CT molecular complexity index is 124. The normalized spacial score (nSPS) is 42.6. The molecule has 0 aromatic rings. The quantitative estimate of drug-likeness (QED) is 0.630. The van der Waals surface area contributed by atoms with Crippen molar-refractivity contribution in [2.75, 3.05) is 6.61 Å². The SMILES string of the molecule is CCC(C)C1(O)COC1C. The van der Waals surface area contributed by atoms with E-state index in [0.29, 0.717) is 12.5 Å². The summed E-state index contributed by atoms with van der Waals surface area (Å²) >= 11 is 0. The van der Waals surface area contributed by atoms with Crippen LogP contribution in [0.15, 0.2) is 0 Å². The third-order valence-electron chi connectivity index (χ3n) is 2.73. The van der Waals surface area contributed by atoms with Gasteiger partial charge >= 0.3 is 0 Å². The monoisotopic (exact) mass is 144 g/mol. The Balaban J connectivity index is 2.51. The van der Waals surface area contributed by atoms with E-state index in [4.69, 9.17) is 4.74 Å². The third-order valence-corrected chi connectivity index (χ3v) is 2.73. The highest BCUT2D eigenvalue weighted by Gasteiger charge is 2.47. The Morgan fingerprint density at radius 3 is 2.50 bits per heavy atom. The smallest absolute Gasteiger partial charge is 0.116 e.